The Balaban J connectivity index is 1.88. The molecule has 0 aliphatic carbocycles. The van der Waals surface area contributed by atoms with Gasteiger partial charge < -0.3 is 10.2 Å². The van der Waals surface area contributed by atoms with Crippen LogP contribution in [0.15, 0.2) is 0 Å². The number of rotatable bonds is 4. The van der Waals surface area contributed by atoms with E-state index in [0.717, 1.165) is 12.6 Å². The normalized spacial score (nSPS) is 30.5. The van der Waals surface area contributed by atoms with Crippen molar-refractivity contribution in [2.75, 3.05) is 39.8 Å². The molecule has 0 aromatic heterocycles. The summed E-state index contributed by atoms with van der Waals surface area (Å²) in [7, 11) is 2.30. The third kappa shape index (κ3) is 3.25. The number of nitrogens with zero attached hydrogens (tertiary/aromatic N) is 2. The molecule has 0 bridgehead atoms. The van der Waals surface area contributed by atoms with Crippen LogP contribution in [-0.2, 0) is 0 Å². The first-order valence-corrected chi connectivity index (χ1v) is 7.87. The molecule has 2 rings (SSSR count). The Morgan fingerprint density at radius 3 is 2.61 bits per heavy atom. The minimum Gasteiger partial charge on any atom is -0.309 e. The van der Waals surface area contributed by atoms with Crippen LogP contribution in [-0.4, -0.2) is 61.2 Å². The van der Waals surface area contributed by atoms with Gasteiger partial charge in [-0.15, -0.1) is 0 Å². The van der Waals surface area contributed by atoms with Crippen LogP contribution in [0.2, 0.25) is 0 Å². The Bertz CT molecular complexity index is 250. The minimum atomic E-state index is 0.380. The van der Waals surface area contributed by atoms with Crippen molar-refractivity contribution >= 4 is 0 Å². The Labute approximate surface area is 113 Å². The quantitative estimate of drug-likeness (QED) is 0.826. The molecule has 2 aliphatic rings. The summed E-state index contributed by atoms with van der Waals surface area (Å²) in [5, 5.41) is 3.76. The van der Waals surface area contributed by atoms with Crippen LogP contribution in [0.25, 0.3) is 0 Å². The molecule has 0 radical (unpaired) electrons. The summed E-state index contributed by atoms with van der Waals surface area (Å²) < 4.78 is 0. The molecule has 3 heteroatoms. The zero-order valence-electron chi connectivity index (χ0n) is 12.5. The third-order valence-electron chi connectivity index (χ3n) is 5.20. The predicted molar refractivity (Wildman–Crippen MR) is 78.0 cm³/mol. The summed E-state index contributed by atoms with van der Waals surface area (Å²) in [6.07, 6.45) is 6.71. The lowest BCUT2D eigenvalue weighted by molar-refractivity contribution is 0.0770. The third-order valence-corrected chi connectivity index (χ3v) is 5.20. The van der Waals surface area contributed by atoms with E-state index in [2.05, 4.69) is 36.0 Å². The number of nitrogens with one attached hydrogen (secondary N) is 1. The second-order valence-electron chi connectivity index (χ2n) is 6.28. The van der Waals surface area contributed by atoms with E-state index in [1.807, 2.05) is 0 Å². The average molecular weight is 253 g/mol. The fourth-order valence-corrected chi connectivity index (χ4v) is 3.59. The fourth-order valence-electron chi connectivity index (χ4n) is 3.59. The van der Waals surface area contributed by atoms with E-state index in [9.17, 15) is 0 Å². The SMILES string of the molecule is CCC1(CC)CN(CC2CCCCN2C)CCN1. The van der Waals surface area contributed by atoms with Crippen LogP contribution in [0.5, 0.6) is 0 Å². The number of piperidine rings is 1. The Morgan fingerprint density at radius 1 is 1.17 bits per heavy atom. The summed E-state index contributed by atoms with van der Waals surface area (Å²) >= 11 is 0. The Morgan fingerprint density at radius 2 is 1.94 bits per heavy atom. The summed E-state index contributed by atoms with van der Waals surface area (Å²) in [6.45, 7) is 10.9. The maximum atomic E-state index is 3.76. The lowest BCUT2D eigenvalue weighted by Gasteiger charge is -2.45. The molecule has 2 aliphatic heterocycles. The van der Waals surface area contributed by atoms with Crippen molar-refractivity contribution in [3.8, 4) is 0 Å². The highest BCUT2D eigenvalue weighted by atomic mass is 15.3. The number of hydrogen-bond acceptors (Lipinski definition) is 3. The monoisotopic (exact) mass is 253 g/mol. The highest BCUT2D eigenvalue weighted by Gasteiger charge is 2.33. The number of likely N-dealkylation sites (tertiary alicyclic amines) is 1. The van der Waals surface area contributed by atoms with Crippen molar-refractivity contribution in [3.05, 3.63) is 0 Å². The van der Waals surface area contributed by atoms with Gasteiger partial charge in [0.15, 0.2) is 0 Å². The molecule has 3 nitrogen and oxygen atoms in total. The van der Waals surface area contributed by atoms with E-state index >= 15 is 0 Å². The molecule has 18 heavy (non-hydrogen) atoms. The van der Waals surface area contributed by atoms with Gasteiger partial charge in [-0.2, -0.15) is 0 Å². The van der Waals surface area contributed by atoms with Crippen molar-refractivity contribution < 1.29 is 0 Å². The second kappa shape index (κ2) is 6.36. The number of piperazine rings is 1. The summed E-state index contributed by atoms with van der Waals surface area (Å²) in [5.41, 5.74) is 0.380. The van der Waals surface area contributed by atoms with E-state index in [-0.39, 0.29) is 0 Å². The highest BCUT2D eigenvalue weighted by Crippen LogP contribution is 2.22. The number of hydrogen-bond donors (Lipinski definition) is 1. The van der Waals surface area contributed by atoms with E-state index in [0.29, 0.717) is 5.54 Å². The van der Waals surface area contributed by atoms with Crippen LogP contribution < -0.4 is 5.32 Å². The maximum Gasteiger partial charge on any atom is 0.0304 e. The topological polar surface area (TPSA) is 18.5 Å². The van der Waals surface area contributed by atoms with E-state index < -0.39 is 0 Å². The van der Waals surface area contributed by atoms with Crippen molar-refractivity contribution in [1.29, 1.82) is 0 Å². The van der Waals surface area contributed by atoms with Gasteiger partial charge in [0.05, 0.1) is 0 Å². The molecule has 0 amide bonds. The summed E-state index contributed by atoms with van der Waals surface area (Å²) in [6, 6.07) is 0.795. The molecule has 1 N–H and O–H groups in total. The first kappa shape index (κ1) is 14.3. The van der Waals surface area contributed by atoms with Crippen LogP contribution in [0, 0.1) is 0 Å². The minimum absolute atomic E-state index is 0.380. The van der Waals surface area contributed by atoms with Gasteiger partial charge in [-0.3, -0.25) is 4.90 Å². The van der Waals surface area contributed by atoms with Crippen molar-refractivity contribution in [1.82, 2.24) is 15.1 Å². The van der Waals surface area contributed by atoms with E-state index in [4.69, 9.17) is 0 Å². The summed E-state index contributed by atoms with van der Waals surface area (Å²) in [4.78, 5) is 5.28. The standard InChI is InChI=1S/C15H31N3/c1-4-15(5-2)13-18(11-9-16-15)12-14-8-6-7-10-17(14)3/h14,16H,4-13H2,1-3H3. The molecule has 1 atom stereocenters. The Kier molecular flexibility index (Phi) is 5.05. The fraction of sp³-hybridized carbons (Fsp3) is 1.00. The van der Waals surface area contributed by atoms with Crippen molar-refractivity contribution in [3.63, 3.8) is 0 Å². The zero-order chi connectivity index (χ0) is 13.0. The zero-order valence-corrected chi connectivity index (χ0v) is 12.5. The molecule has 2 saturated heterocycles. The van der Waals surface area contributed by atoms with Gasteiger partial charge in [0.25, 0.3) is 0 Å². The van der Waals surface area contributed by atoms with E-state index in [1.54, 1.807) is 0 Å². The molecule has 0 aromatic rings. The first-order valence-electron chi connectivity index (χ1n) is 7.87. The highest BCUT2D eigenvalue weighted by molar-refractivity contribution is 4.94. The molecule has 106 valence electrons. The number of likely N-dealkylation sites (N-methyl/N-ethyl adjacent to an activating group) is 1. The molecular weight excluding hydrogens is 222 g/mol. The van der Waals surface area contributed by atoms with Gasteiger partial charge in [0.2, 0.25) is 0 Å². The van der Waals surface area contributed by atoms with Gasteiger partial charge in [-0.1, -0.05) is 20.3 Å². The van der Waals surface area contributed by atoms with Crippen molar-refractivity contribution in [2.45, 2.75) is 57.5 Å². The molecule has 0 spiro atoms. The average Bonchev–Trinajstić information content (AvgIpc) is 2.41. The molecule has 2 fully saturated rings. The van der Waals surface area contributed by atoms with E-state index in [1.165, 1.54) is 58.3 Å². The summed E-state index contributed by atoms with van der Waals surface area (Å²) in [5.74, 6) is 0. The maximum absolute atomic E-state index is 3.76. The Hall–Kier alpha value is -0.120. The molecule has 0 aromatic carbocycles. The molecule has 1 unspecified atom stereocenters. The van der Waals surface area contributed by atoms with Gasteiger partial charge in [0.1, 0.15) is 0 Å². The van der Waals surface area contributed by atoms with Gasteiger partial charge in [-0.05, 0) is 39.3 Å². The largest absolute Gasteiger partial charge is 0.309 e. The predicted octanol–water partition coefficient (Wildman–Crippen LogP) is 1.93. The molecule has 0 saturated carbocycles. The first-order chi connectivity index (χ1) is 8.69. The lowest BCUT2D eigenvalue weighted by Crippen LogP contribution is -2.61. The van der Waals surface area contributed by atoms with Gasteiger partial charge in [-0.25, -0.2) is 0 Å². The van der Waals surface area contributed by atoms with Crippen LogP contribution in [0.1, 0.15) is 46.0 Å². The van der Waals surface area contributed by atoms with Crippen molar-refractivity contribution in [2.24, 2.45) is 0 Å². The smallest absolute Gasteiger partial charge is 0.0304 e. The van der Waals surface area contributed by atoms with Crippen LogP contribution in [0.3, 0.4) is 0 Å². The van der Waals surface area contributed by atoms with Crippen LogP contribution >= 0.6 is 0 Å². The van der Waals surface area contributed by atoms with Gasteiger partial charge >= 0.3 is 0 Å². The van der Waals surface area contributed by atoms with Crippen LogP contribution in [0.4, 0.5) is 0 Å². The van der Waals surface area contributed by atoms with Gasteiger partial charge in [0, 0.05) is 37.8 Å². The second-order valence-corrected chi connectivity index (χ2v) is 6.28. The molecule has 2 heterocycles. The molecular formula is C15H31N3. The lowest BCUT2D eigenvalue weighted by atomic mass is 9.89.